The normalized spacial score (nSPS) is 12.7. The molecule has 0 spiro atoms. The van der Waals surface area contributed by atoms with Gasteiger partial charge in [0.2, 0.25) is 5.91 Å². The highest BCUT2D eigenvalue weighted by molar-refractivity contribution is 5.76. The summed E-state index contributed by atoms with van der Waals surface area (Å²) in [6.07, 6.45) is 76.2. The maximum absolute atomic E-state index is 12.5. The molecule has 0 fully saturated rings. The minimum atomic E-state index is -0.665. The number of carbonyl (C=O) groups excluding carboxylic acids is 2. The number of aliphatic hydroxyl groups excluding tert-OH is 2. The molecule has 0 aromatic heterocycles. The monoisotopic (exact) mass is 1010 g/mol. The Morgan fingerprint density at radius 1 is 0.389 bits per heavy atom. The Morgan fingerprint density at radius 2 is 0.694 bits per heavy atom. The molecule has 3 N–H and O–H groups in total. The van der Waals surface area contributed by atoms with Crippen LogP contribution in [0, 0.1) is 0 Å². The third-order valence-electron chi connectivity index (χ3n) is 15.3. The first kappa shape index (κ1) is 70.3. The zero-order valence-electron chi connectivity index (χ0n) is 48.7. The van der Waals surface area contributed by atoms with Crippen LogP contribution < -0.4 is 5.32 Å². The van der Waals surface area contributed by atoms with E-state index in [-0.39, 0.29) is 18.5 Å². The van der Waals surface area contributed by atoms with Gasteiger partial charge in [0.25, 0.3) is 0 Å². The van der Waals surface area contributed by atoms with Crippen LogP contribution in [-0.4, -0.2) is 47.4 Å². The van der Waals surface area contributed by atoms with Gasteiger partial charge in [-0.2, -0.15) is 0 Å². The van der Waals surface area contributed by atoms with Crippen LogP contribution in [0.4, 0.5) is 0 Å². The summed E-state index contributed by atoms with van der Waals surface area (Å²) in [6.45, 7) is 4.95. The van der Waals surface area contributed by atoms with Gasteiger partial charge in [0.1, 0.15) is 0 Å². The molecule has 0 saturated carbocycles. The van der Waals surface area contributed by atoms with E-state index in [1.165, 1.54) is 276 Å². The predicted octanol–water partition coefficient (Wildman–Crippen LogP) is 20.6. The van der Waals surface area contributed by atoms with E-state index in [2.05, 4.69) is 43.5 Å². The van der Waals surface area contributed by atoms with Crippen LogP contribution in [0.1, 0.15) is 361 Å². The number of aliphatic hydroxyl groups is 2. The molecular formula is C66H127NO5. The molecule has 1 amide bonds. The number of allylic oxidation sites excluding steroid dienone is 4. The topological polar surface area (TPSA) is 95.9 Å². The molecule has 0 aromatic carbocycles. The SMILES string of the molecule is CCCCC/C=C\C/C=C\CCCCCCCCCCCC(=O)OCCCCCCCCCCCCCCCCCCCCCCCC(=O)NC(CO)C(O)CCCCCCCCCCCCCCCCC. The average molecular weight is 1010 g/mol. The molecule has 0 aliphatic carbocycles. The lowest BCUT2D eigenvalue weighted by molar-refractivity contribution is -0.143. The lowest BCUT2D eigenvalue weighted by Crippen LogP contribution is -2.45. The molecule has 0 aliphatic rings. The van der Waals surface area contributed by atoms with E-state index >= 15 is 0 Å². The maximum Gasteiger partial charge on any atom is 0.305 e. The quantitative estimate of drug-likeness (QED) is 0.0320. The smallest absolute Gasteiger partial charge is 0.305 e. The van der Waals surface area contributed by atoms with Crippen LogP contribution in [0.5, 0.6) is 0 Å². The van der Waals surface area contributed by atoms with Crippen molar-refractivity contribution in [3.63, 3.8) is 0 Å². The van der Waals surface area contributed by atoms with Gasteiger partial charge in [0.15, 0.2) is 0 Å². The van der Waals surface area contributed by atoms with Crippen LogP contribution in [0.2, 0.25) is 0 Å². The van der Waals surface area contributed by atoms with E-state index in [0.717, 1.165) is 51.4 Å². The molecule has 6 heteroatoms. The Bertz CT molecular complexity index is 1120. The number of amides is 1. The fraction of sp³-hybridized carbons (Fsp3) is 0.909. The summed E-state index contributed by atoms with van der Waals surface area (Å²) >= 11 is 0. The summed E-state index contributed by atoms with van der Waals surface area (Å²) in [4.78, 5) is 24.6. The van der Waals surface area contributed by atoms with Crippen LogP contribution in [-0.2, 0) is 14.3 Å². The lowest BCUT2D eigenvalue weighted by Gasteiger charge is -2.22. The van der Waals surface area contributed by atoms with Crippen molar-refractivity contribution < 1.29 is 24.5 Å². The van der Waals surface area contributed by atoms with Crippen molar-refractivity contribution in [1.82, 2.24) is 5.32 Å². The molecule has 0 rings (SSSR count). The van der Waals surface area contributed by atoms with Gasteiger partial charge in [-0.05, 0) is 57.8 Å². The molecule has 0 saturated heterocycles. The largest absolute Gasteiger partial charge is 0.466 e. The van der Waals surface area contributed by atoms with E-state index in [9.17, 15) is 19.8 Å². The zero-order valence-corrected chi connectivity index (χ0v) is 48.7. The predicted molar refractivity (Wildman–Crippen MR) is 315 cm³/mol. The van der Waals surface area contributed by atoms with E-state index in [0.29, 0.717) is 25.9 Å². The molecule has 2 unspecified atom stereocenters. The summed E-state index contributed by atoms with van der Waals surface area (Å²) < 4.78 is 5.50. The van der Waals surface area contributed by atoms with Crippen LogP contribution in [0.15, 0.2) is 24.3 Å². The van der Waals surface area contributed by atoms with E-state index in [1.54, 1.807) is 0 Å². The lowest BCUT2D eigenvalue weighted by atomic mass is 10.0. The maximum atomic E-state index is 12.5. The zero-order chi connectivity index (χ0) is 52.2. The highest BCUT2D eigenvalue weighted by atomic mass is 16.5. The van der Waals surface area contributed by atoms with Crippen molar-refractivity contribution >= 4 is 11.9 Å². The molecule has 0 aromatic rings. The summed E-state index contributed by atoms with van der Waals surface area (Å²) in [5.74, 6) is -0.0247. The Morgan fingerprint density at radius 3 is 1.08 bits per heavy atom. The van der Waals surface area contributed by atoms with Gasteiger partial charge >= 0.3 is 5.97 Å². The second kappa shape index (κ2) is 61.9. The average Bonchev–Trinajstić information content (AvgIpc) is 3.38. The van der Waals surface area contributed by atoms with E-state index in [4.69, 9.17) is 4.74 Å². The Kier molecular flexibility index (Phi) is 60.5. The van der Waals surface area contributed by atoms with Crippen molar-refractivity contribution in [2.75, 3.05) is 13.2 Å². The Hall–Kier alpha value is -1.66. The van der Waals surface area contributed by atoms with Crippen LogP contribution in [0.3, 0.4) is 0 Å². The van der Waals surface area contributed by atoms with E-state index < -0.39 is 12.1 Å². The number of hydrogen-bond acceptors (Lipinski definition) is 5. The summed E-state index contributed by atoms with van der Waals surface area (Å²) in [6, 6.07) is -0.542. The van der Waals surface area contributed by atoms with Gasteiger partial charge in [-0.15, -0.1) is 0 Å². The number of unbranched alkanes of at least 4 members (excludes halogenated alkanes) is 46. The summed E-state index contributed by atoms with van der Waals surface area (Å²) in [5, 5.41) is 23.3. The summed E-state index contributed by atoms with van der Waals surface area (Å²) in [7, 11) is 0. The highest BCUT2D eigenvalue weighted by Gasteiger charge is 2.20. The van der Waals surface area contributed by atoms with E-state index in [1.807, 2.05) is 0 Å². The second-order valence-electron chi connectivity index (χ2n) is 22.5. The molecule has 0 bridgehead atoms. The molecule has 6 nitrogen and oxygen atoms in total. The number of esters is 1. The molecule has 2 atom stereocenters. The van der Waals surface area contributed by atoms with Crippen LogP contribution in [0.25, 0.3) is 0 Å². The number of carbonyl (C=O) groups is 2. The van der Waals surface area contributed by atoms with Crippen molar-refractivity contribution in [2.45, 2.75) is 373 Å². The number of nitrogens with one attached hydrogen (secondary N) is 1. The third-order valence-corrected chi connectivity index (χ3v) is 15.3. The second-order valence-corrected chi connectivity index (χ2v) is 22.5. The van der Waals surface area contributed by atoms with Gasteiger partial charge in [-0.1, -0.05) is 314 Å². The first-order valence-corrected chi connectivity index (χ1v) is 32.6. The minimum absolute atomic E-state index is 0.00890. The fourth-order valence-electron chi connectivity index (χ4n) is 10.3. The Labute approximate surface area is 450 Å². The fourth-order valence-corrected chi connectivity index (χ4v) is 10.3. The minimum Gasteiger partial charge on any atom is -0.466 e. The van der Waals surface area contributed by atoms with Crippen molar-refractivity contribution in [3.05, 3.63) is 24.3 Å². The van der Waals surface area contributed by atoms with Gasteiger partial charge in [0, 0.05) is 12.8 Å². The van der Waals surface area contributed by atoms with Gasteiger partial charge < -0.3 is 20.3 Å². The van der Waals surface area contributed by atoms with Gasteiger partial charge in [-0.3, -0.25) is 9.59 Å². The number of hydrogen-bond donors (Lipinski definition) is 3. The standard InChI is InChI=1S/C66H127NO5/c1-3-5-7-9-11-13-15-17-19-20-24-28-32-36-40-44-48-52-56-60-66(71)72-61-57-53-49-45-41-37-33-29-26-23-21-22-25-27-31-35-39-43-47-51-55-59-65(70)67-63(62-68)64(69)58-54-50-46-42-38-34-30-18-16-14-12-10-8-6-4-2/h11,13,17,19,63-64,68-69H,3-10,12,14-16,18,20-62H2,1-2H3,(H,67,70)/b13-11-,19-17-. The molecule has 0 radical (unpaired) electrons. The number of ether oxygens (including phenoxy) is 1. The van der Waals surface area contributed by atoms with Crippen molar-refractivity contribution in [1.29, 1.82) is 0 Å². The van der Waals surface area contributed by atoms with Crippen LogP contribution >= 0.6 is 0 Å². The molecule has 0 aliphatic heterocycles. The van der Waals surface area contributed by atoms with Gasteiger partial charge in [-0.25, -0.2) is 0 Å². The van der Waals surface area contributed by atoms with Gasteiger partial charge in [0.05, 0.1) is 25.4 Å². The molecular weight excluding hydrogens is 887 g/mol. The molecule has 72 heavy (non-hydrogen) atoms. The molecule has 426 valence electrons. The first-order chi connectivity index (χ1) is 35.5. The van der Waals surface area contributed by atoms with Crippen molar-refractivity contribution in [2.24, 2.45) is 0 Å². The first-order valence-electron chi connectivity index (χ1n) is 32.6. The number of rotatable bonds is 61. The summed E-state index contributed by atoms with van der Waals surface area (Å²) in [5.41, 5.74) is 0. The highest BCUT2D eigenvalue weighted by Crippen LogP contribution is 2.18. The molecule has 0 heterocycles. The Balaban J connectivity index is 3.37. The van der Waals surface area contributed by atoms with Crippen molar-refractivity contribution in [3.8, 4) is 0 Å². The third kappa shape index (κ3) is 57.6.